The molecule has 3 heterocycles. The topological polar surface area (TPSA) is 76.0 Å². The van der Waals surface area contributed by atoms with E-state index in [4.69, 9.17) is 4.74 Å². The lowest BCUT2D eigenvalue weighted by atomic mass is 10.2. The number of rotatable bonds is 3. The van der Waals surface area contributed by atoms with Gasteiger partial charge in [-0.2, -0.15) is 5.10 Å². The van der Waals surface area contributed by atoms with Gasteiger partial charge in [0.25, 0.3) is 5.56 Å². The van der Waals surface area contributed by atoms with Crippen molar-refractivity contribution >= 4 is 11.0 Å². The average molecular weight is 339 g/mol. The van der Waals surface area contributed by atoms with E-state index in [1.807, 2.05) is 30.3 Å². The molecule has 1 N–H and O–H groups in total. The van der Waals surface area contributed by atoms with Gasteiger partial charge in [-0.15, -0.1) is 0 Å². The number of nitrogens with zero attached hydrogens (tertiary/aromatic N) is 4. The summed E-state index contributed by atoms with van der Waals surface area (Å²) >= 11 is 0. The van der Waals surface area contributed by atoms with Crippen molar-refractivity contribution in [1.82, 2.24) is 24.6 Å². The first-order valence-corrected chi connectivity index (χ1v) is 8.50. The van der Waals surface area contributed by atoms with Gasteiger partial charge in [-0.3, -0.25) is 9.69 Å². The summed E-state index contributed by atoms with van der Waals surface area (Å²) in [7, 11) is 0. The van der Waals surface area contributed by atoms with Crippen LogP contribution in [-0.4, -0.2) is 49.9 Å². The summed E-state index contributed by atoms with van der Waals surface area (Å²) in [6.07, 6.45) is 1.92. The average Bonchev–Trinajstić information content (AvgIpc) is 2.99. The van der Waals surface area contributed by atoms with Crippen LogP contribution in [0.4, 0.5) is 0 Å². The second-order valence-electron chi connectivity index (χ2n) is 6.59. The third-order valence-corrected chi connectivity index (χ3v) is 4.36. The Labute approximate surface area is 145 Å². The maximum atomic E-state index is 12.4. The van der Waals surface area contributed by atoms with Crippen LogP contribution in [0.5, 0.6) is 0 Å². The molecule has 1 saturated heterocycles. The highest BCUT2D eigenvalue weighted by Crippen LogP contribution is 2.16. The van der Waals surface area contributed by atoms with Crippen molar-refractivity contribution in [3.8, 4) is 5.69 Å². The SMILES string of the molecule is C[C@H]1CN(Cc2nc3c(cnn3-c3ccccc3)c(=O)[nH]2)C[C@H](C)O1. The standard InChI is InChI=1S/C18H21N5O2/c1-12-9-22(10-13(2)25-12)11-16-20-17-15(18(24)21-16)8-19-23(17)14-6-4-3-5-7-14/h3-8,12-13H,9-11H2,1-2H3,(H,20,21,24)/t12-,13-/m0/s1. The van der Waals surface area contributed by atoms with E-state index in [-0.39, 0.29) is 17.8 Å². The van der Waals surface area contributed by atoms with Gasteiger partial charge in [0.05, 0.1) is 30.6 Å². The van der Waals surface area contributed by atoms with Gasteiger partial charge in [0, 0.05) is 13.1 Å². The molecule has 3 aromatic rings. The van der Waals surface area contributed by atoms with Crippen LogP contribution < -0.4 is 5.56 Å². The molecular weight excluding hydrogens is 318 g/mol. The highest BCUT2D eigenvalue weighted by molar-refractivity contribution is 5.75. The molecule has 0 unspecified atom stereocenters. The molecule has 0 saturated carbocycles. The maximum absolute atomic E-state index is 12.4. The number of morpholine rings is 1. The minimum absolute atomic E-state index is 0.156. The number of para-hydroxylation sites is 1. The van der Waals surface area contributed by atoms with E-state index < -0.39 is 0 Å². The number of hydrogen-bond acceptors (Lipinski definition) is 5. The lowest BCUT2D eigenvalue weighted by molar-refractivity contribution is -0.0710. The molecule has 4 rings (SSSR count). The van der Waals surface area contributed by atoms with Crippen LogP contribution in [0.2, 0.25) is 0 Å². The molecule has 0 radical (unpaired) electrons. The predicted molar refractivity (Wildman–Crippen MR) is 94.8 cm³/mol. The minimum atomic E-state index is -0.156. The second-order valence-corrected chi connectivity index (χ2v) is 6.59. The van der Waals surface area contributed by atoms with Crippen molar-refractivity contribution in [2.45, 2.75) is 32.6 Å². The van der Waals surface area contributed by atoms with Gasteiger partial charge in [-0.25, -0.2) is 9.67 Å². The Morgan fingerprint density at radius 1 is 1.20 bits per heavy atom. The van der Waals surface area contributed by atoms with Gasteiger partial charge in [-0.05, 0) is 26.0 Å². The first kappa shape index (κ1) is 16.0. The molecule has 0 amide bonds. The maximum Gasteiger partial charge on any atom is 0.262 e. The zero-order chi connectivity index (χ0) is 17.4. The molecule has 0 bridgehead atoms. The number of aromatic amines is 1. The second kappa shape index (κ2) is 6.42. The fraction of sp³-hybridized carbons (Fsp3) is 0.389. The van der Waals surface area contributed by atoms with Crippen molar-refractivity contribution in [2.75, 3.05) is 13.1 Å². The number of benzene rings is 1. The quantitative estimate of drug-likeness (QED) is 0.786. The van der Waals surface area contributed by atoms with E-state index in [2.05, 4.69) is 33.8 Å². The van der Waals surface area contributed by atoms with Gasteiger partial charge >= 0.3 is 0 Å². The molecule has 2 aromatic heterocycles. The monoisotopic (exact) mass is 339 g/mol. The predicted octanol–water partition coefficient (Wildman–Crippen LogP) is 1.72. The Kier molecular flexibility index (Phi) is 4.10. The molecule has 0 aliphatic carbocycles. The van der Waals surface area contributed by atoms with Crippen LogP contribution in [0.25, 0.3) is 16.7 Å². The number of fused-ring (bicyclic) bond motifs is 1. The Bertz CT molecular complexity index is 924. The third-order valence-electron chi connectivity index (χ3n) is 4.36. The van der Waals surface area contributed by atoms with E-state index in [1.54, 1.807) is 10.9 Å². The summed E-state index contributed by atoms with van der Waals surface area (Å²) in [6, 6.07) is 9.71. The summed E-state index contributed by atoms with van der Waals surface area (Å²) in [5, 5.41) is 4.84. The molecule has 1 aromatic carbocycles. The van der Waals surface area contributed by atoms with Crippen molar-refractivity contribution in [3.05, 3.63) is 52.7 Å². The summed E-state index contributed by atoms with van der Waals surface area (Å²) in [5.41, 5.74) is 1.31. The Morgan fingerprint density at radius 3 is 2.64 bits per heavy atom. The van der Waals surface area contributed by atoms with Gasteiger partial charge in [0.1, 0.15) is 11.2 Å². The van der Waals surface area contributed by atoms with E-state index >= 15 is 0 Å². The lowest BCUT2D eigenvalue weighted by Gasteiger charge is -2.34. The number of H-pyrrole nitrogens is 1. The fourth-order valence-electron chi connectivity index (χ4n) is 3.42. The van der Waals surface area contributed by atoms with Crippen molar-refractivity contribution < 1.29 is 4.74 Å². The molecule has 1 fully saturated rings. The Morgan fingerprint density at radius 2 is 1.92 bits per heavy atom. The lowest BCUT2D eigenvalue weighted by Crippen LogP contribution is -2.45. The molecular formula is C18H21N5O2. The molecule has 1 aliphatic rings. The molecule has 25 heavy (non-hydrogen) atoms. The van der Waals surface area contributed by atoms with Crippen LogP contribution >= 0.6 is 0 Å². The molecule has 1 aliphatic heterocycles. The molecule has 7 heteroatoms. The normalized spacial score (nSPS) is 21.7. The van der Waals surface area contributed by atoms with E-state index in [0.29, 0.717) is 23.4 Å². The Balaban J connectivity index is 1.70. The van der Waals surface area contributed by atoms with Crippen LogP contribution in [0.1, 0.15) is 19.7 Å². The summed E-state index contributed by atoms with van der Waals surface area (Å²) in [4.78, 5) is 22.2. The van der Waals surface area contributed by atoms with E-state index in [9.17, 15) is 4.79 Å². The van der Waals surface area contributed by atoms with Crippen LogP contribution in [-0.2, 0) is 11.3 Å². The molecule has 130 valence electrons. The molecule has 2 atom stereocenters. The van der Waals surface area contributed by atoms with Crippen molar-refractivity contribution in [3.63, 3.8) is 0 Å². The summed E-state index contributed by atoms with van der Waals surface area (Å²) in [6.45, 7) is 6.36. The van der Waals surface area contributed by atoms with Gasteiger partial charge in [-0.1, -0.05) is 18.2 Å². The zero-order valence-corrected chi connectivity index (χ0v) is 14.3. The van der Waals surface area contributed by atoms with Gasteiger partial charge < -0.3 is 9.72 Å². The number of aromatic nitrogens is 4. The summed E-state index contributed by atoms with van der Waals surface area (Å²) < 4.78 is 7.47. The number of hydrogen-bond donors (Lipinski definition) is 1. The fourth-order valence-corrected chi connectivity index (χ4v) is 3.42. The summed E-state index contributed by atoms with van der Waals surface area (Å²) in [5.74, 6) is 0.650. The number of nitrogens with one attached hydrogen (secondary N) is 1. The Hall–Kier alpha value is -2.51. The molecule has 7 nitrogen and oxygen atoms in total. The highest BCUT2D eigenvalue weighted by Gasteiger charge is 2.23. The smallest absolute Gasteiger partial charge is 0.262 e. The van der Waals surface area contributed by atoms with Crippen molar-refractivity contribution in [2.24, 2.45) is 0 Å². The van der Waals surface area contributed by atoms with Crippen molar-refractivity contribution in [1.29, 1.82) is 0 Å². The van der Waals surface area contributed by atoms with Crippen LogP contribution in [0, 0.1) is 0 Å². The minimum Gasteiger partial charge on any atom is -0.373 e. The van der Waals surface area contributed by atoms with E-state index in [1.165, 1.54) is 0 Å². The highest BCUT2D eigenvalue weighted by atomic mass is 16.5. The van der Waals surface area contributed by atoms with Crippen LogP contribution in [0.15, 0.2) is 41.3 Å². The zero-order valence-electron chi connectivity index (χ0n) is 14.3. The molecule has 0 spiro atoms. The largest absolute Gasteiger partial charge is 0.373 e. The van der Waals surface area contributed by atoms with Crippen LogP contribution in [0.3, 0.4) is 0 Å². The number of ether oxygens (including phenoxy) is 1. The first-order chi connectivity index (χ1) is 12.1. The van der Waals surface area contributed by atoms with Gasteiger partial charge in [0.15, 0.2) is 5.65 Å². The van der Waals surface area contributed by atoms with E-state index in [0.717, 1.165) is 18.8 Å². The third kappa shape index (κ3) is 3.20. The van der Waals surface area contributed by atoms with Gasteiger partial charge in [0.2, 0.25) is 0 Å². The first-order valence-electron chi connectivity index (χ1n) is 8.50.